The molecule has 0 spiro atoms. The van der Waals surface area contributed by atoms with Crippen molar-refractivity contribution in [1.82, 2.24) is 24.1 Å². The van der Waals surface area contributed by atoms with Crippen molar-refractivity contribution in [3.8, 4) is 0 Å². The second-order valence-corrected chi connectivity index (χ2v) is 8.67. The topological polar surface area (TPSA) is 80.3 Å². The van der Waals surface area contributed by atoms with E-state index in [4.69, 9.17) is 0 Å². The van der Waals surface area contributed by atoms with Crippen molar-refractivity contribution in [2.24, 2.45) is 4.99 Å². The number of imidazole rings is 1. The van der Waals surface area contributed by atoms with Gasteiger partial charge >= 0.3 is 0 Å². The highest BCUT2D eigenvalue weighted by Crippen LogP contribution is 2.22. The summed E-state index contributed by atoms with van der Waals surface area (Å²) in [6.45, 7) is 2.75. The third-order valence-electron chi connectivity index (χ3n) is 4.68. The molecule has 0 radical (unpaired) electrons. The van der Waals surface area contributed by atoms with Gasteiger partial charge in [-0.1, -0.05) is 53.7 Å². The average Bonchev–Trinajstić information content (AvgIpc) is 3.44. The van der Waals surface area contributed by atoms with Gasteiger partial charge in [0.15, 0.2) is 9.96 Å². The molecule has 30 heavy (non-hydrogen) atoms. The molecule has 9 heteroatoms. The molecule has 150 valence electrons. The van der Waals surface area contributed by atoms with Crippen molar-refractivity contribution < 1.29 is 4.79 Å². The molecule has 1 N–H and O–H groups in total. The number of amides is 1. The Morgan fingerprint density at radius 3 is 2.90 bits per heavy atom. The molecule has 7 nitrogen and oxygen atoms in total. The van der Waals surface area contributed by atoms with Crippen molar-refractivity contribution >= 4 is 45.8 Å². The van der Waals surface area contributed by atoms with Crippen LogP contribution >= 0.6 is 23.1 Å². The van der Waals surface area contributed by atoms with Gasteiger partial charge in [0.25, 0.3) is 5.91 Å². The molecule has 5 rings (SSSR count). The number of nitrogens with one attached hydrogen (secondary N) is 1. The number of carbonyl (C=O) groups excluding carboxylic acids is 1. The molecule has 0 saturated carbocycles. The number of thiazole rings is 1. The summed E-state index contributed by atoms with van der Waals surface area (Å²) in [5, 5.41) is 9.86. The van der Waals surface area contributed by atoms with Crippen LogP contribution in [-0.2, 0) is 11.3 Å². The Bertz CT molecular complexity index is 1410. The standard InChI is InChI=1S/C21H18N6OS2/c1-14-6-8-15(9-7-14)12-26-10-11-29-20(26)23-18(28)13-30-21-25-24-19-22-16-4-2-3-5-17(16)27(19)21/h2-11H,12-13H2,1H3,(H,22,24). The number of aromatic nitrogens is 5. The number of H-pyrrole nitrogens is 1. The number of fused-ring (bicyclic) bond motifs is 3. The molecule has 0 unspecified atom stereocenters. The predicted octanol–water partition coefficient (Wildman–Crippen LogP) is 3.65. The molecule has 0 bridgehead atoms. The van der Waals surface area contributed by atoms with Crippen molar-refractivity contribution in [3.63, 3.8) is 0 Å². The molecular weight excluding hydrogens is 416 g/mol. The van der Waals surface area contributed by atoms with Gasteiger partial charge in [-0.15, -0.1) is 16.4 Å². The highest BCUT2D eigenvalue weighted by atomic mass is 32.2. The molecule has 0 aliphatic carbocycles. The zero-order valence-corrected chi connectivity index (χ0v) is 17.8. The van der Waals surface area contributed by atoms with Crippen LogP contribution in [0.3, 0.4) is 0 Å². The Balaban J connectivity index is 1.33. The van der Waals surface area contributed by atoms with Crippen LogP contribution in [0.5, 0.6) is 0 Å². The van der Waals surface area contributed by atoms with Crippen molar-refractivity contribution in [1.29, 1.82) is 0 Å². The van der Waals surface area contributed by atoms with Gasteiger partial charge in [0.1, 0.15) is 0 Å². The van der Waals surface area contributed by atoms with E-state index in [0.29, 0.717) is 22.3 Å². The van der Waals surface area contributed by atoms with E-state index in [1.165, 1.54) is 34.2 Å². The SMILES string of the molecule is Cc1ccc(Cn2ccsc2=NC(=O)CSc2n[nH]c3nc4ccccc4n23)cc1. The first-order valence-electron chi connectivity index (χ1n) is 9.39. The number of thioether (sulfide) groups is 1. The summed E-state index contributed by atoms with van der Waals surface area (Å²) in [6, 6.07) is 16.2. The summed E-state index contributed by atoms with van der Waals surface area (Å²) in [5.74, 6) is 0.674. The fourth-order valence-corrected chi connectivity index (χ4v) is 4.69. The average molecular weight is 435 g/mol. The number of hydrogen-bond donors (Lipinski definition) is 1. The smallest absolute Gasteiger partial charge is 0.258 e. The van der Waals surface area contributed by atoms with E-state index in [0.717, 1.165) is 11.0 Å². The molecule has 2 aromatic carbocycles. The Morgan fingerprint density at radius 2 is 2.03 bits per heavy atom. The monoisotopic (exact) mass is 434 g/mol. The fraction of sp³-hybridized carbons (Fsp3) is 0.143. The molecule has 0 atom stereocenters. The summed E-state index contributed by atoms with van der Waals surface area (Å²) in [7, 11) is 0. The lowest BCUT2D eigenvalue weighted by Crippen LogP contribution is -2.17. The van der Waals surface area contributed by atoms with Gasteiger partial charge in [0.05, 0.1) is 16.8 Å². The highest BCUT2D eigenvalue weighted by molar-refractivity contribution is 7.99. The molecule has 3 heterocycles. The molecule has 0 fully saturated rings. The molecule has 1 amide bonds. The second-order valence-electron chi connectivity index (χ2n) is 6.86. The molecule has 0 saturated heterocycles. The van der Waals surface area contributed by atoms with Crippen LogP contribution in [0.2, 0.25) is 0 Å². The zero-order chi connectivity index (χ0) is 20.5. The number of para-hydroxylation sites is 2. The van der Waals surface area contributed by atoms with E-state index < -0.39 is 0 Å². The lowest BCUT2D eigenvalue weighted by atomic mass is 10.1. The van der Waals surface area contributed by atoms with E-state index in [9.17, 15) is 4.79 Å². The summed E-state index contributed by atoms with van der Waals surface area (Å²) < 4.78 is 3.92. The maximum absolute atomic E-state index is 12.5. The number of carbonyl (C=O) groups is 1. The quantitative estimate of drug-likeness (QED) is 0.428. The molecule has 0 aliphatic heterocycles. The first kappa shape index (κ1) is 18.8. The third-order valence-corrected chi connectivity index (χ3v) is 6.40. The van der Waals surface area contributed by atoms with Crippen LogP contribution in [0.15, 0.2) is 70.3 Å². The largest absolute Gasteiger partial charge is 0.319 e. The van der Waals surface area contributed by atoms with Crippen LogP contribution in [0.25, 0.3) is 16.8 Å². The van der Waals surface area contributed by atoms with E-state index in [2.05, 4.69) is 51.4 Å². The zero-order valence-electron chi connectivity index (χ0n) is 16.1. The molecule has 0 aliphatic rings. The first-order valence-corrected chi connectivity index (χ1v) is 11.3. The maximum atomic E-state index is 12.5. The normalized spacial score (nSPS) is 12.2. The van der Waals surface area contributed by atoms with Crippen LogP contribution in [0.1, 0.15) is 11.1 Å². The lowest BCUT2D eigenvalue weighted by molar-refractivity contribution is -0.115. The van der Waals surface area contributed by atoms with Crippen LogP contribution in [0.4, 0.5) is 0 Å². The minimum absolute atomic E-state index is 0.194. The Labute approximate surface area is 180 Å². The molecular formula is C21H18N6OS2. The van der Waals surface area contributed by atoms with E-state index in [1.807, 2.05) is 44.8 Å². The number of aromatic amines is 1. The van der Waals surface area contributed by atoms with Gasteiger partial charge in [0.2, 0.25) is 5.78 Å². The Kier molecular flexibility index (Phi) is 4.97. The fourth-order valence-electron chi connectivity index (χ4n) is 3.20. The van der Waals surface area contributed by atoms with Gasteiger partial charge in [-0.2, -0.15) is 4.99 Å². The molecule has 5 aromatic rings. The van der Waals surface area contributed by atoms with E-state index >= 15 is 0 Å². The van der Waals surface area contributed by atoms with Crippen LogP contribution < -0.4 is 4.80 Å². The van der Waals surface area contributed by atoms with Gasteiger partial charge in [-0.05, 0) is 24.6 Å². The van der Waals surface area contributed by atoms with E-state index in [-0.39, 0.29) is 11.7 Å². The van der Waals surface area contributed by atoms with Crippen molar-refractivity contribution in [3.05, 3.63) is 76.0 Å². The molecule has 3 aromatic heterocycles. The Hall–Kier alpha value is -3.17. The number of rotatable bonds is 5. The number of aryl methyl sites for hydroxylation is 1. The van der Waals surface area contributed by atoms with Gasteiger partial charge in [0, 0.05) is 18.1 Å². The van der Waals surface area contributed by atoms with Gasteiger partial charge < -0.3 is 4.57 Å². The van der Waals surface area contributed by atoms with Gasteiger partial charge in [-0.3, -0.25) is 9.20 Å². The van der Waals surface area contributed by atoms with Crippen molar-refractivity contribution in [2.45, 2.75) is 18.6 Å². The Morgan fingerprint density at radius 1 is 1.20 bits per heavy atom. The first-order chi connectivity index (χ1) is 14.7. The highest BCUT2D eigenvalue weighted by Gasteiger charge is 2.13. The van der Waals surface area contributed by atoms with Gasteiger partial charge in [-0.25, -0.2) is 10.1 Å². The predicted molar refractivity (Wildman–Crippen MR) is 119 cm³/mol. The van der Waals surface area contributed by atoms with Crippen LogP contribution in [0, 0.1) is 6.92 Å². The second kappa shape index (κ2) is 7.92. The minimum atomic E-state index is -0.194. The number of nitrogens with zero attached hydrogens (tertiary/aromatic N) is 5. The summed E-state index contributed by atoms with van der Waals surface area (Å²) >= 11 is 2.81. The van der Waals surface area contributed by atoms with Crippen LogP contribution in [-0.4, -0.2) is 35.8 Å². The minimum Gasteiger partial charge on any atom is -0.319 e. The summed E-state index contributed by atoms with van der Waals surface area (Å²) in [5.41, 5.74) is 4.25. The number of hydrogen-bond acceptors (Lipinski definition) is 5. The summed E-state index contributed by atoms with van der Waals surface area (Å²) in [6.07, 6.45) is 1.96. The maximum Gasteiger partial charge on any atom is 0.258 e. The summed E-state index contributed by atoms with van der Waals surface area (Å²) in [4.78, 5) is 22.1. The lowest BCUT2D eigenvalue weighted by Gasteiger charge is -2.03. The third kappa shape index (κ3) is 3.69. The van der Waals surface area contributed by atoms with Crippen molar-refractivity contribution in [2.75, 3.05) is 5.75 Å². The number of benzene rings is 2. The van der Waals surface area contributed by atoms with E-state index in [1.54, 1.807) is 0 Å².